The zero-order valence-electron chi connectivity index (χ0n) is 14.2. The van der Waals surface area contributed by atoms with Crippen molar-refractivity contribution >= 4 is 23.4 Å². The minimum atomic E-state index is -0.740. The molecule has 6 nitrogen and oxygen atoms in total. The number of pyridine rings is 1. The fourth-order valence-corrected chi connectivity index (χ4v) is 2.36. The Bertz CT molecular complexity index is 871. The zero-order valence-corrected chi connectivity index (χ0v) is 15.0. The lowest BCUT2D eigenvalue weighted by Crippen LogP contribution is -2.41. The van der Waals surface area contributed by atoms with Crippen molar-refractivity contribution in [3.05, 3.63) is 70.1 Å². The monoisotopic (exact) mass is 377 g/mol. The standard InChI is InChI=1S/C18H17ClFN3O3/c1-4-5-26-16-8-12(7-11(3)21-16)17(24)22-23-18(25)13-9-15(20)10(2)6-14(13)19/h4,6-9H,1,5H2,2-3H3,(H,22,24)(H,23,25). The molecule has 0 aliphatic heterocycles. The molecule has 0 atom stereocenters. The van der Waals surface area contributed by atoms with E-state index in [0.29, 0.717) is 11.3 Å². The molecule has 2 aromatic rings. The lowest BCUT2D eigenvalue weighted by atomic mass is 10.1. The van der Waals surface area contributed by atoms with Crippen LogP contribution < -0.4 is 15.6 Å². The second kappa shape index (κ2) is 8.44. The van der Waals surface area contributed by atoms with Crippen molar-refractivity contribution in [2.24, 2.45) is 0 Å². The van der Waals surface area contributed by atoms with Crippen molar-refractivity contribution in [1.29, 1.82) is 0 Å². The van der Waals surface area contributed by atoms with Crippen molar-refractivity contribution < 1.29 is 18.7 Å². The molecule has 136 valence electrons. The van der Waals surface area contributed by atoms with Gasteiger partial charge in [-0.2, -0.15) is 0 Å². The van der Waals surface area contributed by atoms with Gasteiger partial charge < -0.3 is 4.74 Å². The van der Waals surface area contributed by atoms with Crippen LogP contribution in [0, 0.1) is 19.7 Å². The van der Waals surface area contributed by atoms with Crippen LogP contribution in [0.5, 0.6) is 5.88 Å². The Kier molecular flexibility index (Phi) is 6.30. The Labute approximate surface area is 155 Å². The van der Waals surface area contributed by atoms with E-state index in [1.54, 1.807) is 13.0 Å². The number of aromatic nitrogens is 1. The van der Waals surface area contributed by atoms with E-state index < -0.39 is 17.6 Å². The number of benzene rings is 1. The van der Waals surface area contributed by atoms with Gasteiger partial charge in [0, 0.05) is 17.3 Å². The first-order valence-electron chi connectivity index (χ1n) is 7.60. The molecule has 1 aromatic carbocycles. The minimum Gasteiger partial charge on any atom is -0.473 e. The Morgan fingerprint density at radius 3 is 2.62 bits per heavy atom. The topological polar surface area (TPSA) is 80.3 Å². The van der Waals surface area contributed by atoms with Gasteiger partial charge in [-0.15, -0.1) is 0 Å². The number of carbonyl (C=O) groups is 2. The van der Waals surface area contributed by atoms with Gasteiger partial charge in [0.1, 0.15) is 12.4 Å². The van der Waals surface area contributed by atoms with Crippen LogP contribution in [-0.4, -0.2) is 23.4 Å². The Hall–Kier alpha value is -2.93. The first kappa shape index (κ1) is 19.4. The summed E-state index contributed by atoms with van der Waals surface area (Å²) in [7, 11) is 0. The van der Waals surface area contributed by atoms with Crippen LogP contribution in [0.2, 0.25) is 5.02 Å². The summed E-state index contributed by atoms with van der Waals surface area (Å²) in [6.07, 6.45) is 1.55. The number of ether oxygens (including phenoxy) is 1. The van der Waals surface area contributed by atoms with Crippen molar-refractivity contribution in [3.63, 3.8) is 0 Å². The molecule has 1 aromatic heterocycles. The number of hydrogen-bond donors (Lipinski definition) is 2. The summed E-state index contributed by atoms with van der Waals surface area (Å²) in [6.45, 7) is 7.01. The van der Waals surface area contributed by atoms with Gasteiger partial charge in [0.05, 0.1) is 10.6 Å². The lowest BCUT2D eigenvalue weighted by molar-refractivity contribution is 0.0846. The highest BCUT2D eigenvalue weighted by molar-refractivity contribution is 6.33. The molecular formula is C18H17ClFN3O3. The highest BCUT2D eigenvalue weighted by Gasteiger charge is 2.15. The van der Waals surface area contributed by atoms with Gasteiger partial charge in [-0.25, -0.2) is 9.37 Å². The molecule has 2 amide bonds. The molecule has 0 bridgehead atoms. The first-order chi connectivity index (χ1) is 12.3. The predicted octanol–water partition coefficient (Wildman–Crippen LogP) is 3.13. The Balaban J connectivity index is 2.09. The second-order valence-electron chi connectivity index (χ2n) is 5.42. The van der Waals surface area contributed by atoms with Gasteiger partial charge in [-0.1, -0.05) is 24.3 Å². The maximum absolute atomic E-state index is 13.6. The quantitative estimate of drug-likeness (QED) is 0.619. The van der Waals surface area contributed by atoms with Crippen LogP contribution in [0.3, 0.4) is 0 Å². The van der Waals surface area contributed by atoms with Crippen LogP contribution >= 0.6 is 11.6 Å². The van der Waals surface area contributed by atoms with Gasteiger partial charge in [0.15, 0.2) is 0 Å². The molecule has 26 heavy (non-hydrogen) atoms. The fourth-order valence-electron chi connectivity index (χ4n) is 2.06. The number of amides is 2. The van der Waals surface area contributed by atoms with Gasteiger partial charge in [-0.05, 0) is 37.6 Å². The van der Waals surface area contributed by atoms with E-state index in [0.717, 1.165) is 6.07 Å². The second-order valence-corrected chi connectivity index (χ2v) is 5.83. The van der Waals surface area contributed by atoms with E-state index in [-0.39, 0.29) is 28.6 Å². The van der Waals surface area contributed by atoms with Gasteiger partial charge in [-0.3, -0.25) is 20.4 Å². The average Bonchev–Trinajstić information content (AvgIpc) is 2.60. The maximum Gasteiger partial charge on any atom is 0.271 e. The molecule has 0 spiro atoms. The van der Waals surface area contributed by atoms with E-state index in [1.807, 2.05) is 0 Å². The molecule has 0 radical (unpaired) electrons. The number of hydrazine groups is 1. The van der Waals surface area contributed by atoms with Crippen LogP contribution in [0.15, 0.2) is 36.9 Å². The van der Waals surface area contributed by atoms with E-state index in [9.17, 15) is 14.0 Å². The third kappa shape index (κ3) is 4.80. The molecule has 0 aliphatic carbocycles. The lowest BCUT2D eigenvalue weighted by Gasteiger charge is -2.11. The van der Waals surface area contributed by atoms with Crippen molar-refractivity contribution in [3.8, 4) is 5.88 Å². The van der Waals surface area contributed by atoms with Crippen molar-refractivity contribution in [2.45, 2.75) is 13.8 Å². The van der Waals surface area contributed by atoms with E-state index >= 15 is 0 Å². The highest BCUT2D eigenvalue weighted by Crippen LogP contribution is 2.20. The summed E-state index contributed by atoms with van der Waals surface area (Å²) in [4.78, 5) is 28.5. The predicted molar refractivity (Wildman–Crippen MR) is 95.7 cm³/mol. The number of nitrogens with one attached hydrogen (secondary N) is 2. The minimum absolute atomic E-state index is 0.0792. The number of carbonyl (C=O) groups excluding carboxylic acids is 2. The molecule has 0 saturated heterocycles. The van der Waals surface area contributed by atoms with Crippen molar-refractivity contribution in [1.82, 2.24) is 15.8 Å². The summed E-state index contributed by atoms with van der Waals surface area (Å²) in [5, 5.41) is 0.0792. The molecule has 1 heterocycles. The summed E-state index contributed by atoms with van der Waals surface area (Å²) >= 11 is 5.95. The summed E-state index contributed by atoms with van der Waals surface area (Å²) in [5.41, 5.74) is 5.47. The first-order valence-corrected chi connectivity index (χ1v) is 7.98. The van der Waals surface area contributed by atoms with Crippen LogP contribution in [0.4, 0.5) is 4.39 Å². The summed E-state index contributed by atoms with van der Waals surface area (Å²) in [5.74, 6) is -1.64. The molecule has 0 unspecified atom stereocenters. The molecule has 0 fully saturated rings. The van der Waals surface area contributed by atoms with Gasteiger partial charge >= 0.3 is 0 Å². The van der Waals surface area contributed by atoms with Gasteiger partial charge in [0.25, 0.3) is 11.8 Å². The molecule has 2 N–H and O–H groups in total. The van der Waals surface area contributed by atoms with Crippen LogP contribution in [0.1, 0.15) is 32.0 Å². The fraction of sp³-hybridized carbons (Fsp3) is 0.167. The van der Waals surface area contributed by atoms with Gasteiger partial charge in [0.2, 0.25) is 5.88 Å². The van der Waals surface area contributed by atoms with E-state index in [4.69, 9.17) is 16.3 Å². The maximum atomic E-state index is 13.6. The van der Waals surface area contributed by atoms with Crippen LogP contribution in [-0.2, 0) is 0 Å². The molecule has 8 heteroatoms. The molecule has 0 aliphatic rings. The third-order valence-corrected chi connectivity index (χ3v) is 3.64. The average molecular weight is 378 g/mol. The largest absolute Gasteiger partial charge is 0.473 e. The van der Waals surface area contributed by atoms with E-state index in [1.165, 1.54) is 25.1 Å². The third-order valence-electron chi connectivity index (χ3n) is 3.32. The number of rotatable bonds is 5. The number of hydrogen-bond acceptors (Lipinski definition) is 4. The Morgan fingerprint density at radius 1 is 1.23 bits per heavy atom. The number of nitrogens with zero attached hydrogens (tertiary/aromatic N) is 1. The smallest absolute Gasteiger partial charge is 0.271 e. The Morgan fingerprint density at radius 2 is 1.92 bits per heavy atom. The zero-order chi connectivity index (χ0) is 19.3. The normalized spacial score (nSPS) is 10.2. The highest BCUT2D eigenvalue weighted by atomic mass is 35.5. The summed E-state index contributed by atoms with van der Waals surface area (Å²) < 4.78 is 18.9. The summed E-state index contributed by atoms with van der Waals surface area (Å²) in [6, 6.07) is 5.30. The molecule has 0 saturated carbocycles. The van der Waals surface area contributed by atoms with E-state index in [2.05, 4.69) is 22.4 Å². The number of halogens is 2. The van der Waals surface area contributed by atoms with Crippen LogP contribution in [0.25, 0.3) is 0 Å². The molecular weight excluding hydrogens is 361 g/mol. The van der Waals surface area contributed by atoms with Crippen molar-refractivity contribution in [2.75, 3.05) is 6.61 Å². The molecule has 2 rings (SSSR count). The number of aryl methyl sites for hydroxylation is 2. The SMILES string of the molecule is C=CCOc1cc(C(=O)NNC(=O)c2cc(F)c(C)cc2Cl)cc(C)n1.